The molecule has 1 aliphatic rings. The van der Waals surface area contributed by atoms with E-state index in [-0.39, 0.29) is 6.10 Å². The van der Waals surface area contributed by atoms with Gasteiger partial charge in [0.1, 0.15) is 6.10 Å². The van der Waals surface area contributed by atoms with Crippen molar-refractivity contribution in [2.45, 2.75) is 38.4 Å². The zero-order valence-corrected chi connectivity index (χ0v) is 6.45. The SMILES string of the molecule is CC(=O)OOC1CCCC1O. The molecule has 11 heavy (non-hydrogen) atoms. The lowest BCUT2D eigenvalue weighted by molar-refractivity contribution is -0.305. The van der Waals surface area contributed by atoms with Crippen LogP contribution in [0.2, 0.25) is 0 Å². The van der Waals surface area contributed by atoms with Gasteiger partial charge in [-0.3, -0.25) is 4.89 Å². The van der Waals surface area contributed by atoms with Crippen molar-refractivity contribution in [2.24, 2.45) is 0 Å². The molecule has 0 aliphatic heterocycles. The summed E-state index contributed by atoms with van der Waals surface area (Å²) < 4.78 is 0. The molecule has 2 atom stereocenters. The summed E-state index contributed by atoms with van der Waals surface area (Å²) in [7, 11) is 0. The lowest BCUT2D eigenvalue weighted by Crippen LogP contribution is -2.23. The van der Waals surface area contributed by atoms with E-state index in [1.165, 1.54) is 6.92 Å². The van der Waals surface area contributed by atoms with Crippen molar-refractivity contribution < 1.29 is 19.7 Å². The maximum absolute atomic E-state index is 10.3. The van der Waals surface area contributed by atoms with Crippen molar-refractivity contribution >= 4 is 5.97 Å². The standard InChI is InChI=1S/C7H12O4/c1-5(8)10-11-7-4-2-3-6(7)9/h6-7,9H,2-4H2,1H3. The highest BCUT2D eigenvalue weighted by Crippen LogP contribution is 2.21. The van der Waals surface area contributed by atoms with Gasteiger partial charge in [-0.2, -0.15) is 4.89 Å². The number of rotatable bonds is 2. The van der Waals surface area contributed by atoms with Crippen molar-refractivity contribution in [1.29, 1.82) is 0 Å². The highest BCUT2D eigenvalue weighted by Gasteiger charge is 2.27. The fourth-order valence-corrected chi connectivity index (χ4v) is 1.15. The Morgan fingerprint density at radius 2 is 2.27 bits per heavy atom. The molecule has 0 saturated heterocycles. The molecule has 0 radical (unpaired) electrons. The van der Waals surface area contributed by atoms with Gasteiger partial charge in [-0.25, -0.2) is 4.79 Å². The number of hydrogen-bond donors (Lipinski definition) is 1. The van der Waals surface area contributed by atoms with E-state index in [2.05, 4.69) is 9.78 Å². The van der Waals surface area contributed by atoms with Gasteiger partial charge in [0.05, 0.1) is 6.10 Å². The summed E-state index contributed by atoms with van der Waals surface area (Å²) in [6.07, 6.45) is 1.61. The number of aliphatic hydroxyl groups is 1. The first-order valence-corrected chi connectivity index (χ1v) is 3.72. The Balaban J connectivity index is 2.20. The van der Waals surface area contributed by atoms with E-state index in [1.54, 1.807) is 0 Å². The Kier molecular flexibility index (Phi) is 2.84. The van der Waals surface area contributed by atoms with Gasteiger partial charge in [0, 0.05) is 6.92 Å². The molecule has 2 unspecified atom stereocenters. The molecule has 1 N–H and O–H groups in total. The monoisotopic (exact) mass is 160 g/mol. The largest absolute Gasteiger partial charge is 0.390 e. The number of aliphatic hydroxyl groups excluding tert-OH is 1. The van der Waals surface area contributed by atoms with Gasteiger partial charge in [-0.05, 0) is 19.3 Å². The van der Waals surface area contributed by atoms with E-state index in [0.29, 0.717) is 0 Å². The predicted octanol–water partition coefficient (Wildman–Crippen LogP) is 0.394. The number of hydrogen-bond acceptors (Lipinski definition) is 4. The van der Waals surface area contributed by atoms with E-state index in [4.69, 9.17) is 0 Å². The summed E-state index contributed by atoms with van der Waals surface area (Å²) >= 11 is 0. The molecule has 1 fully saturated rings. The predicted molar refractivity (Wildman–Crippen MR) is 36.5 cm³/mol. The van der Waals surface area contributed by atoms with Crippen molar-refractivity contribution in [3.63, 3.8) is 0 Å². The Morgan fingerprint density at radius 3 is 2.73 bits per heavy atom. The minimum atomic E-state index is -0.482. The molecule has 1 aliphatic carbocycles. The van der Waals surface area contributed by atoms with Crippen LogP contribution >= 0.6 is 0 Å². The van der Waals surface area contributed by atoms with Crippen LogP contribution in [0.15, 0.2) is 0 Å². The summed E-state index contributed by atoms with van der Waals surface area (Å²) in [6.45, 7) is 1.27. The fourth-order valence-electron chi connectivity index (χ4n) is 1.15. The van der Waals surface area contributed by atoms with Crippen LogP contribution in [-0.2, 0) is 14.6 Å². The second-order valence-electron chi connectivity index (χ2n) is 2.71. The zero-order chi connectivity index (χ0) is 8.27. The molecular formula is C7H12O4. The average molecular weight is 160 g/mol. The Morgan fingerprint density at radius 1 is 1.55 bits per heavy atom. The van der Waals surface area contributed by atoms with Crippen LogP contribution in [0.4, 0.5) is 0 Å². The first-order valence-electron chi connectivity index (χ1n) is 3.72. The van der Waals surface area contributed by atoms with E-state index in [0.717, 1.165) is 19.3 Å². The van der Waals surface area contributed by atoms with Crippen LogP contribution in [0.3, 0.4) is 0 Å². The van der Waals surface area contributed by atoms with Crippen LogP contribution in [0.25, 0.3) is 0 Å². The van der Waals surface area contributed by atoms with E-state index in [1.807, 2.05) is 0 Å². The van der Waals surface area contributed by atoms with Gasteiger partial charge < -0.3 is 5.11 Å². The zero-order valence-electron chi connectivity index (χ0n) is 6.45. The minimum Gasteiger partial charge on any atom is -0.390 e. The summed E-state index contributed by atoms with van der Waals surface area (Å²) in [4.78, 5) is 19.3. The third-order valence-corrected chi connectivity index (χ3v) is 1.71. The Hall–Kier alpha value is -0.610. The second kappa shape index (κ2) is 3.69. The summed E-state index contributed by atoms with van der Waals surface area (Å²) in [6, 6.07) is 0. The van der Waals surface area contributed by atoms with Crippen LogP contribution in [0.1, 0.15) is 26.2 Å². The quantitative estimate of drug-likeness (QED) is 0.469. The summed E-state index contributed by atoms with van der Waals surface area (Å²) in [5.74, 6) is -0.482. The van der Waals surface area contributed by atoms with Gasteiger partial charge in [0.15, 0.2) is 0 Å². The van der Waals surface area contributed by atoms with Gasteiger partial charge in [-0.1, -0.05) is 0 Å². The minimum absolute atomic E-state index is 0.320. The van der Waals surface area contributed by atoms with Crippen LogP contribution in [0, 0.1) is 0 Å². The van der Waals surface area contributed by atoms with Crippen LogP contribution < -0.4 is 0 Å². The molecule has 0 amide bonds. The molecule has 1 rings (SSSR count). The molecule has 64 valence electrons. The summed E-state index contributed by atoms with van der Waals surface area (Å²) in [5, 5.41) is 9.19. The molecule has 0 spiro atoms. The third kappa shape index (κ3) is 2.48. The Labute approximate surface area is 65.0 Å². The van der Waals surface area contributed by atoms with Crippen LogP contribution in [0.5, 0.6) is 0 Å². The molecule has 4 nitrogen and oxygen atoms in total. The first-order chi connectivity index (χ1) is 5.20. The maximum Gasteiger partial charge on any atom is 0.339 e. The van der Waals surface area contributed by atoms with Gasteiger partial charge in [-0.15, -0.1) is 0 Å². The Bertz CT molecular complexity index is 145. The topological polar surface area (TPSA) is 55.8 Å². The van der Waals surface area contributed by atoms with Gasteiger partial charge in [0.25, 0.3) is 0 Å². The van der Waals surface area contributed by atoms with Crippen LogP contribution in [-0.4, -0.2) is 23.3 Å². The fraction of sp³-hybridized carbons (Fsp3) is 0.857. The number of carbonyl (C=O) groups is 1. The lowest BCUT2D eigenvalue weighted by atomic mass is 10.3. The second-order valence-corrected chi connectivity index (χ2v) is 2.71. The molecule has 1 saturated carbocycles. The van der Waals surface area contributed by atoms with Crippen molar-refractivity contribution in [1.82, 2.24) is 0 Å². The third-order valence-electron chi connectivity index (χ3n) is 1.71. The average Bonchev–Trinajstić information content (AvgIpc) is 2.31. The van der Waals surface area contributed by atoms with E-state index < -0.39 is 12.1 Å². The number of carbonyl (C=O) groups excluding carboxylic acids is 1. The van der Waals surface area contributed by atoms with Crippen molar-refractivity contribution in [2.75, 3.05) is 0 Å². The molecule has 0 aromatic heterocycles. The smallest absolute Gasteiger partial charge is 0.339 e. The van der Waals surface area contributed by atoms with Crippen molar-refractivity contribution in [3.8, 4) is 0 Å². The molecule has 0 bridgehead atoms. The highest BCUT2D eigenvalue weighted by molar-refractivity contribution is 5.65. The normalized spacial score (nSPS) is 30.4. The molecular weight excluding hydrogens is 148 g/mol. The highest BCUT2D eigenvalue weighted by atomic mass is 17.2. The van der Waals surface area contributed by atoms with Gasteiger partial charge in [0.2, 0.25) is 0 Å². The van der Waals surface area contributed by atoms with E-state index >= 15 is 0 Å². The molecule has 0 aromatic carbocycles. The van der Waals surface area contributed by atoms with Crippen molar-refractivity contribution in [3.05, 3.63) is 0 Å². The van der Waals surface area contributed by atoms with E-state index in [9.17, 15) is 9.90 Å². The van der Waals surface area contributed by atoms with Gasteiger partial charge >= 0.3 is 5.97 Å². The molecule has 0 aromatic rings. The molecule has 0 heterocycles. The lowest BCUT2D eigenvalue weighted by Gasteiger charge is -2.11. The molecule has 4 heteroatoms. The first kappa shape index (κ1) is 8.49. The maximum atomic E-state index is 10.3. The summed E-state index contributed by atoms with van der Waals surface area (Å²) in [5.41, 5.74) is 0.